The summed E-state index contributed by atoms with van der Waals surface area (Å²) >= 11 is 0. The van der Waals surface area contributed by atoms with E-state index in [1.807, 2.05) is 0 Å². The van der Waals surface area contributed by atoms with Gasteiger partial charge in [0.25, 0.3) is 5.91 Å². The summed E-state index contributed by atoms with van der Waals surface area (Å²) < 4.78 is 30.5. The van der Waals surface area contributed by atoms with Gasteiger partial charge in [0.1, 0.15) is 0 Å². The number of fused-ring (bicyclic) bond motifs is 1. The van der Waals surface area contributed by atoms with E-state index >= 15 is 4.39 Å². The summed E-state index contributed by atoms with van der Waals surface area (Å²) in [5.41, 5.74) is 2.80. The van der Waals surface area contributed by atoms with E-state index in [1.54, 1.807) is 65.1 Å². The van der Waals surface area contributed by atoms with Crippen molar-refractivity contribution in [2.45, 2.75) is 39.1 Å². The van der Waals surface area contributed by atoms with Crippen LogP contribution in [0.5, 0.6) is 0 Å². The molecular weight excluding hydrogens is 463 g/mol. The van der Waals surface area contributed by atoms with E-state index in [9.17, 15) is 9.59 Å². The van der Waals surface area contributed by atoms with Crippen LogP contribution in [0.2, 0.25) is 0 Å². The molecule has 4 heterocycles. The number of anilines is 1. The fourth-order valence-electron chi connectivity index (χ4n) is 4.46. The number of Topliss-reactive ketones (excluding diaryl/α,β-unsaturated/α-hetero) is 1. The van der Waals surface area contributed by atoms with Crippen LogP contribution in [0.3, 0.4) is 0 Å². The molecule has 1 saturated heterocycles. The summed E-state index contributed by atoms with van der Waals surface area (Å²) in [5.74, 6) is -1.27. The maximum absolute atomic E-state index is 15.7. The molecule has 1 aliphatic heterocycles. The summed E-state index contributed by atoms with van der Waals surface area (Å²) in [5, 5.41) is 6.87. The van der Waals surface area contributed by atoms with Gasteiger partial charge < -0.3 is 19.2 Å². The van der Waals surface area contributed by atoms with E-state index in [1.165, 1.54) is 13.0 Å². The Kier molecular flexibility index (Phi) is 6.67. The van der Waals surface area contributed by atoms with Crippen molar-refractivity contribution >= 4 is 22.9 Å². The Labute approximate surface area is 207 Å². The Morgan fingerprint density at radius 3 is 2.83 bits per heavy atom. The number of nitrogens with zero attached hydrogens (tertiary/aromatic N) is 3. The van der Waals surface area contributed by atoms with Crippen LogP contribution >= 0.6 is 0 Å². The Morgan fingerprint density at radius 2 is 2.11 bits per heavy atom. The van der Waals surface area contributed by atoms with Gasteiger partial charge in [-0.2, -0.15) is 5.10 Å². The van der Waals surface area contributed by atoms with Crippen LogP contribution in [-0.4, -0.2) is 38.8 Å². The molecule has 1 aromatic carbocycles. The molecule has 9 heteroatoms. The Morgan fingerprint density at radius 1 is 1.25 bits per heavy atom. The van der Waals surface area contributed by atoms with Gasteiger partial charge in [-0.25, -0.2) is 4.39 Å². The van der Waals surface area contributed by atoms with E-state index in [0.29, 0.717) is 34.5 Å². The van der Waals surface area contributed by atoms with Gasteiger partial charge in [0.05, 0.1) is 35.3 Å². The number of carbonyl (C=O) groups is 2. The van der Waals surface area contributed by atoms with Crippen LogP contribution in [0, 0.1) is 5.82 Å². The monoisotopic (exact) mass is 490 g/mol. The number of ether oxygens (including phenoxy) is 2. The lowest BCUT2D eigenvalue weighted by atomic mass is 10.0. The van der Waals surface area contributed by atoms with Gasteiger partial charge in [-0.05, 0) is 55.2 Å². The highest BCUT2D eigenvalue weighted by Gasteiger charge is 2.21. The van der Waals surface area contributed by atoms with Crippen molar-refractivity contribution in [3.05, 3.63) is 77.6 Å². The Balaban J connectivity index is 1.49. The van der Waals surface area contributed by atoms with Gasteiger partial charge in [0.15, 0.2) is 17.9 Å². The Bertz CT molecular complexity index is 1440. The number of aryl methyl sites for hydroxylation is 1. The highest BCUT2D eigenvalue weighted by atomic mass is 19.1. The number of rotatable bonds is 7. The van der Waals surface area contributed by atoms with Gasteiger partial charge in [-0.15, -0.1) is 0 Å². The number of hydrogen-bond acceptors (Lipinski definition) is 5. The summed E-state index contributed by atoms with van der Waals surface area (Å²) in [6.45, 7) is 2.30. The highest BCUT2D eigenvalue weighted by molar-refractivity contribution is 6.11. The zero-order valence-corrected chi connectivity index (χ0v) is 20.2. The summed E-state index contributed by atoms with van der Waals surface area (Å²) in [6, 6.07) is 10.1. The van der Waals surface area contributed by atoms with Crippen molar-refractivity contribution in [1.82, 2.24) is 14.2 Å². The molecular formula is C27H27FN4O4. The molecule has 36 heavy (non-hydrogen) atoms. The first-order chi connectivity index (χ1) is 17.4. The van der Waals surface area contributed by atoms with E-state index in [0.717, 1.165) is 19.3 Å². The largest absolute Gasteiger partial charge is 0.353 e. The number of aromatic nitrogens is 3. The SMILES string of the molecule is CC(=O)c1cc(C(=O)Nc2cc(COC3CCCCO3)cc(-c3cnn(C)c3)c2F)c2ccccn12. The van der Waals surface area contributed by atoms with Crippen LogP contribution in [-0.2, 0) is 23.1 Å². The van der Waals surface area contributed by atoms with Crippen LogP contribution in [0.4, 0.5) is 10.1 Å². The normalized spacial score (nSPS) is 15.8. The predicted octanol–water partition coefficient (Wildman–Crippen LogP) is 4.98. The van der Waals surface area contributed by atoms with Gasteiger partial charge in [0.2, 0.25) is 0 Å². The van der Waals surface area contributed by atoms with Crippen LogP contribution in [0.1, 0.15) is 52.6 Å². The molecule has 1 N–H and O–H groups in total. The summed E-state index contributed by atoms with van der Waals surface area (Å²) in [7, 11) is 1.75. The lowest BCUT2D eigenvalue weighted by Crippen LogP contribution is -2.22. The number of carbonyl (C=O) groups excluding carboxylic acids is 2. The smallest absolute Gasteiger partial charge is 0.257 e. The predicted molar refractivity (Wildman–Crippen MR) is 132 cm³/mol. The molecule has 1 fully saturated rings. The quantitative estimate of drug-likeness (QED) is 0.370. The highest BCUT2D eigenvalue weighted by Crippen LogP contribution is 2.31. The molecule has 0 spiro atoms. The number of nitrogens with one attached hydrogen (secondary N) is 1. The number of halogens is 1. The van der Waals surface area contributed by atoms with E-state index in [-0.39, 0.29) is 29.9 Å². The molecule has 0 saturated carbocycles. The maximum atomic E-state index is 15.7. The number of hydrogen-bond donors (Lipinski definition) is 1. The second-order valence-electron chi connectivity index (χ2n) is 8.92. The molecule has 1 amide bonds. The first-order valence-electron chi connectivity index (χ1n) is 11.9. The van der Waals surface area contributed by atoms with Crippen molar-refractivity contribution in [2.75, 3.05) is 11.9 Å². The van der Waals surface area contributed by atoms with Gasteiger partial charge in [0, 0.05) is 44.1 Å². The minimum Gasteiger partial charge on any atom is -0.353 e. The van der Waals surface area contributed by atoms with Crippen molar-refractivity contribution in [2.24, 2.45) is 7.05 Å². The van der Waals surface area contributed by atoms with Crippen molar-refractivity contribution in [3.8, 4) is 11.1 Å². The first-order valence-corrected chi connectivity index (χ1v) is 11.9. The molecule has 0 bridgehead atoms. The topological polar surface area (TPSA) is 86.9 Å². The number of pyridine rings is 1. The second-order valence-corrected chi connectivity index (χ2v) is 8.92. The standard InChI is InChI=1S/C27H27FN4O4/c1-17(33)24-13-21(23-7-3-5-9-32(23)24)27(34)30-22-12-18(16-36-25-8-4-6-10-35-25)11-20(26(22)28)19-14-29-31(2)15-19/h3,5,7,9,11-15,25H,4,6,8,10,16H2,1-2H3,(H,30,34). The molecule has 4 aromatic rings. The van der Waals surface area contributed by atoms with Crippen molar-refractivity contribution < 1.29 is 23.5 Å². The lowest BCUT2D eigenvalue weighted by molar-refractivity contribution is -0.168. The molecule has 0 aliphatic carbocycles. The van der Waals surface area contributed by atoms with Gasteiger partial charge in [-0.3, -0.25) is 14.3 Å². The van der Waals surface area contributed by atoms with Gasteiger partial charge >= 0.3 is 0 Å². The van der Waals surface area contributed by atoms with E-state index in [2.05, 4.69) is 10.4 Å². The zero-order valence-electron chi connectivity index (χ0n) is 20.2. The number of benzene rings is 1. The third-order valence-electron chi connectivity index (χ3n) is 6.25. The minimum atomic E-state index is -0.579. The molecule has 5 rings (SSSR count). The van der Waals surface area contributed by atoms with Crippen molar-refractivity contribution in [3.63, 3.8) is 0 Å². The third-order valence-corrected chi connectivity index (χ3v) is 6.25. The molecule has 1 atom stereocenters. The first kappa shape index (κ1) is 23.9. The fourth-order valence-corrected chi connectivity index (χ4v) is 4.46. The summed E-state index contributed by atoms with van der Waals surface area (Å²) in [6.07, 6.45) is 7.54. The molecule has 186 valence electrons. The second kappa shape index (κ2) is 10.0. The summed E-state index contributed by atoms with van der Waals surface area (Å²) in [4.78, 5) is 25.4. The molecule has 1 aliphatic rings. The third kappa shape index (κ3) is 4.80. The van der Waals surface area contributed by atoms with Crippen LogP contribution in [0.15, 0.2) is 55.0 Å². The van der Waals surface area contributed by atoms with Gasteiger partial charge in [-0.1, -0.05) is 6.07 Å². The molecule has 0 radical (unpaired) electrons. The number of ketones is 1. The average Bonchev–Trinajstić information content (AvgIpc) is 3.49. The molecule has 1 unspecified atom stereocenters. The average molecular weight is 491 g/mol. The Hall–Kier alpha value is -3.82. The number of amides is 1. The fraction of sp³-hybridized carbons (Fsp3) is 0.296. The zero-order chi connectivity index (χ0) is 25.2. The lowest BCUT2D eigenvalue weighted by Gasteiger charge is -2.23. The molecule has 8 nitrogen and oxygen atoms in total. The van der Waals surface area contributed by atoms with Crippen LogP contribution < -0.4 is 5.32 Å². The minimum absolute atomic E-state index is 0.0178. The van der Waals surface area contributed by atoms with Crippen LogP contribution in [0.25, 0.3) is 16.6 Å². The van der Waals surface area contributed by atoms with E-state index < -0.39 is 11.7 Å². The molecule has 3 aromatic heterocycles. The van der Waals surface area contributed by atoms with Crippen molar-refractivity contribution in [1.29, 1.82) is 0 Å². The van der Waals surface area contributed by atoms with E-state index in [4.69, 9.17) is 9.47 Å². The maximum Gasteiger partial charge on any atom is 0.257 e.